The first-order valence-corrected chi connectivity index (χ1v) is 6.92. The fraction of sp³-hybridized carbons (Fsp3) is 0.154. The summed E-state index contributed by atoms with van der Waals surface area (Å²) in [6, 6.07) is 5.52. The Kier molecular flexibility index (Phi) is 3.60. The highest BCUT2D eigenvalue weighted by Gasteiger charge is 2.07. The molecule has 0 spiro atoms. The molecule has 20 heavy (non-hydrogen) atoms. The summed E-state index contributed by atoms with van der Waals surface area (Å²) in [5.74, 6) is 1.28. The average molecular weight is 288 g/mol. The quantitative estimate of drug-likeness (QED) is 0.750. The number of amides is 1. The van der Waals surface area contributed by atoms with E-state index in [0.717, 1.165) is 16.0 Å². The lowest BCUT2D eigenvalue weighted by Gasteiger charge is -2.06. The SMILES string of the molecule is O=C(CNc1ncnc2ccsc12)NCc1ccco1. The van der Waals surface area contributed by atoms with Crippen molar-refractivity contribution in [2.45, 2.75) is 6.54 Å². The van der Waals surface area contributed by atoms with Crippen LogP contribution in [0, 0.1) is 0 Å². The highest BCUT2D eigenvalue weighted by molar-refractivity contribution is 7.17. The molecule has 0 radical (unpaired) electrons. The van der Waals surface area contributed by atoms with Crippen molar-refractivity contribution < 1.29 is 9.21 Å². The highest BCUT2D eigenvalue weighted by atomic mass is 32.1. The van der Waals surface area contributed by atoms with Crippen LogP contribution >= 0.6 is 11.3 Å². The molecule has 0 unspecified atom stereocenters. The van der Waals surface area contributed by atoms with Gasteiger partial charge in [0.25, 0.3) is 0 Å². The summed E-state index contributed by atoms with van der Waals surface area (Å²) >= 11 is 1.54. The second-order valence-corrected chi connectivity index (χ2v) is 4.98. The Balaban J connectivity index is 1.56. The number of thiophene rings is 1. The Hall–Kier alpha value is -2.41. The molecule has 0 aliphatic rings. The molecule has 3 heterocycles. The standard InChI is InChI=1S/C13H12N4O2S/c18-11(14-6-9-2-1-4-19-9)7-15-13-12-10(3-5-20-12)16-8-17-13/h1-5,8H,6-7H2,(H,14,18)(H,15,16,17). The van der Waals surface area contributed by atoms with E-state index in [-0.39, 0.29) is 12.5 Å². The minimum absolute atomic E-state index is 0.121. The molecule has 102 valence electrons. The molecular weight excluding hydrogens is 276 g/mol. The van der Waals surface area contributed by atoms with Gasteiger partial charge in [0.15, 0.2) is 0 Å². The average Bonchev–Trinajstić information content (AvgIpc) is 3.13. The number of rotatable bonds is 5. The Morgan fingerprint density at radius 3 is 3.15 bits per heavy atom. The first kappa shape index (κ1) is 12.6. The van der Waals surface area contributed by atoms with Crippen molar-refractivity contribution in [2.24, 2.45) is 0 Å². The summed E-state index contributed by atoms with van der Waals surface area (Å²) in [7, 11) is 0. The first-order valence-electron chi connectivity index (χ1n) is 6.04. The normalized spacial score (nSPS) is 10.6. The highest BCUT2D eigenvalue weighted by Crippen LogP contribution is 2.24. The zero-order valence-electron chi connectivity index (χ0n) is 10.5. The summed E-state index contributed by atoms with van der Waals surface area (Å²) in [6.45, 7) is 0.538. The molecule has 7 heteroatoms. The molecule has 3 aromatic heterocycles. The van der Waals surface area contributed by atoms with Crippen LogP contribution in [0.15, 0.2) is 40.6 Å². The predicted octanol–water partition coefficient (Wildman–Crippen LogP) is 2.01. The van der Waals surface area contributed by atoms with Gasteiger partial charge in [0.1, 0.15) is 17.9 Å². The van der Waals surface area contributed by atoms with Gasteiger partial charge in [-0.1, -0.05) is 0 Å². The molecule has 1 amide bonds. The predicted molar refractivity (Wildman–Crippen MR) is 76.5 cm³/mol. The minimum atomic E-state index is -0.121. The number of fused-ring (bicyclic) bond motifs is 1. The van der Waals surface area contributed by atoms with Gasteiger partial charge in [0.2, 0.25) is 5.91 Å². The van der Waals surface area contributed by atoms with E-state index in [1.807, 2.05) is 17.5 Å². The van der Waals surface area contributed by atoms with Crippen LogP contribution < -0.4 is 10.6 Å². The molecule has 0 fully saturated rings. The van der Waals surface area contributed by atoms with Crippen molar-refractivity contribution in [2.75, 3.05) is 11.9 Å². The smallest absolute Gasteiger partial charge is 0.239 e. The monoisotopic (exact) mass is 288 g/mol. The maximum absolute atomic E-state index is 11.7. The van der Waals surface area contributed by atoms with E-state index in [4.69, 9.17) is 4.42 Å². The van der Waals surface area contributed by atoms with E-state index in [1.54, 1.807) is 23.7 Å². The molecule has 0 saturated heterocycles. The third-order valence-corrected chi connectivity index (χ3v) is 3.61. The summed E-state index contributed by atoms with van der Waals surface area (Å²) in [5, 5.41) is 7.73. The van der Waals surface area contributed by atoms with E-state index in [0.29, 0.717) is 12.4 Å². The fourth-order valence-electron chi connectivity index (χ4n) is 1.74. The largest absolute Gasteiger partial charge is 0.467 e. The lowest BCUT2D eigenvalue weighted by atomic mass is 10.4. The van der Waals surface area contributed by atoms with Crippen molar-refractivity contribution in [3.05, 3.63) is 41.9 Å². The second kappa shape index (κ2) is 5.70. The van der Waals surface area contributed by atoms with Gasteiger partial charge in [-0.2, -0.15) is 0 Å². The number of nitrogens with zero attached hydrogens (tertiary/aromatic N) is 2. The van der Waals surface area contributed by atoms with Crippen molar-refractivity contribution in [3.8, 4) is 0 Å². The van der Waals surface area contributed by atoms with E-state index in [1.165, 1.54) is 6.33 Å². The maximum Gasteiger partial charge on any atom is 0.239 e. The van der Waals surface area contributed by atoms with Crippen LogP contribution in [0.2, 0.25) is 0 Å². The molecule has 0 aliphatic carbocycles. The maximum atomic E-state index is 11.7. The minimum Gasteiger partial charge on any atom is -0.467 e. The second-order valence-electron chi connectivity index (χ2n) is 4.07. The van der Waals surface area contributed by atoms with Crippen LogP contribution in [0.4, 0.5) is 5.82 Å². The number of carbonyl (C=O) groups excluding carboxylic acids is 1. The third kappa shape index (κ3) is 2.77. The Bertz CT molecular complexity index is 708. The zero-order chi connectivity index (χ0) is 13.8. The van der Waals surface area contributed by atoms with Gasteiger partial charge in [-0.15, -0.1) is 11.3 Å². The summed E-state index contributed by atoms with van der Waals surface area (Å²) in [5.41, 5.74) is 0.878. The molecule has 0 bridgehead atoms. The van der Waals surface area contributed by atoms with Crippen LogP contribution in [0.5, 0.6) is 0 Å². The van der Waals surface area contributed by atoms with Crippen LogP contribution in [-0.2, 0) is 11.3 Å². The molecule has 0 aromatic carbocycles. The molecule has 2 N–H and O–H groups in total. The van der Waals surface area contributed by atoms with Crippen LogP contribution in [-0.4, -0.2) is 22.4 Å². The van der Waals surface area contributed by atoms with Gasteiger partial charge in [-0.25, -0.2) is 9.97 Å². The van der Waals surface area contributed by atoms with Crippen molar-refractivity contribution >= 4 is 33.3 Å². The van der Waals surface area contributed by atoms with Crippen molar-refractivity contribution in [1.82, 2.24) is 15.3 Å². The summed E-state index contributed by atoms with van der Waals surface area (Å²) < 4.78 is 6.09. The van der Waals surface area contributed by atoms with Crippen LogP contribution in [0.25, 0.3) is 10.2 Å². The first-order chi connectivity index (χ1) is 9.83. The third-order valence-electron chi connectivity index (χ3n) is 2.70. The van der Waals surface area contributed by atoms with Gasteiger partial charge in [-0.05, 0) is 23.6 Å². The zero-order valence-corrected chi connectivity index (χ0v) is 11.3. The number of nitrogens with one attached hydrogen (secondary N) is 2. The molecule has 0 aliphatic heterocycles. The Morgan fingerprint density at radius 2 is 2.30 bits per heavy atom. The number of hydrogen-bond acceptors (Lipinski definition) is 6. The summed E-state index contributed by atoms with van der Waals surface area (Å²) in [4.78, 5) is 20.0. The molecule has 0 atom stereocenters. The van der Waals surface area contributed by atoms with Crippen LogP contribution in [0.1, 0.15) is 5.76 Å². The number of furan rings is 1. The van der Waals surface area contributed by atoms with E-state index in [9.17, 15) is 4.79 Å². The van der Waals surface area contributed by atoms with Gasteiger partial charge >= 0.3 is 0 Å². The Morgan fingerprint density at radius 1 is 1.35 bits per heavy atom. The lowest BCUT2D eigenvalue weighted by molar-refractivity contribution is -0.119. The number of hydrogen-bond donors (Lipinski definition) is 2. The molecule has 0 saturated carbocycles. The van der Waals surface area contributed by atoms with Gasteiger partial charge < -0.3 is 15.1 Å². The molecular formula is C13H12N4O2S. The van der Waals surface area contributed by atoms with Crippen molar-refractivity contribution in [3.63, 3.8) is 0 Å². The number of anilines is 1. The van der Waals surface area contributed by atoms with E-state index in [2.05, 4.69) is 20.6 Å². The van der Waals surface area contributed by atoms with E-state index >= 15 is 0 Å². The van der Waals surface area contributed by atoms with Gasteiger partial charge in [-0.3, -0.25) is 4.79 Å². The summed E-state index contributed by atoms with van der Waals surface area (Å²) in [6.07, 6.45) is 3.06. The van der Waals surface area contributed by atoms with Gasteiger partial charge in [0, 0.05) is 0 Å². The fourth-order valence-corrected chi connectivity index (χ4v) is 2.55. The molecule has 6 nitrogen and oxygen atoms in total. The van der Waals surface area contributed by atoms with E-state index < -0.39 is 0 Å². The number of carbonyl (C=O) groups is 1. The molecule has 3 rings (SSSR count). The molecule has 3 aromatic rings. The Labute approximate surface area is 118 Å². The van der Waals surface area contributed by atoms with Crippen LogP contribution in [0.3, 0.4) is 0 Å². The number of aromatic nitrogens is 2. The van der Waals surface area contributed by atoms with Gasteiger partial charge in [0.05, 0.1) is 29.6 Å². The lowest BCUT2D eigenvalue weighted by Crippen LogP contribution is -2.29. The van der Waals surface area contributed by atoms with Crippen molar-refractivity contribution in [1.29, 1.82) is 0 Å². The topological polar surface area (TPSA) is 80.0 Å².